The lowest BCUT2D eigenvalue weighted by atomic mass is 10.2. The van der Waals surface area contributed by atoms with E-state index in [1.165, 1.54) is 11.3 Å². The summed E-state index contributed by atoms with van der Waals surface area (Å²) in [5.74, 6) is 0.733. The zero-order valence-corrected chi connectivity index (χ0v) is 10.9. The van der Waals surface area contributed by atoms with Gasteiger partial charge in [-0.1, -0.05) is 0 Å². The lowest BCUT2D eigenvalue weighted by molar-refractivity contribution is 0.102. The summed E-state index contributed by atoms with van der Waals surface area (Å²) in [5.41, 5.74) is 1.78. The molecule has 96 valence electrons. The van der Waals surface area contributed by atoms with Crippen molar-refractivity contribution in [2.75, 3.05) is 18.4 Å². The quantitative estimate of drug-likeness (QED) is 0.894. The van der Waals surface area contributed by atoms with Crippen LogP contribution in [0.25, 0.3) is 0 Å². The van der Waals surface area contributed by atoms with Gasteiger partial charge in [0.05, 0.1) is 6.54 Å². The van der Waals surface area contributed by atoms with Crippen molar-refractivity contribution in [3.63, 3.8) is 0 Å². The Labute approximate surface area is 114 Å². The van der Waals surface area contributed by atoms with Gasteiger partial charge in [0.1, 0.15) is 5.84 Å². The van der Waals surface area contributed by atoms with Crippen LogP contribution in [-0.4, -0.2) is 29.8 Å². The van der Waals surface area contributed by atoms with Crippen LogP contribution in [0.4, 0.5) is 5.69 Å². The van der Waals surface area contributed by atoms with Gasteiger partial charge in [-0.3, -0.25) is 9.79 Å². The highest BCUT2D eigenvalue weighted by atomic mass is 32.1. The molecular weight excluding hydrogens is 260 g/mol. The highest BCUT2D eigenvalue weighted by Gasteiger charge is 2.10. The van der Waals surface area contributed by atoms with E-state index in [2.05, 4.69) is 20.6 Å². The minimum atomic E-state index is -0.181. The summed E-state index contributed by atoms with van der Waals surface area (Å²) in [5, 5.41) is 8.26. The van der Waals surface area contributed by atoms with Gasteiger partial charge >= 0.3 is 0 Å². The predicted octanol–water partition coefficient (Wildman–Crippen LogP) is 1.75. The highest BCUT2D eigenvalue weighted by Crippen LogP contribution is 2.13. The van der Waals surface area contributed by atoms with Crippen LogP contribution in [0.5, 0.6) is 0 Å². The number of rotatable bonds is 3. The molecule has 2 aromatic rings. The van der Waals surface area contributed by atoms with Crippen LogP contribution in [0.2, 0.25) is 0 Å². The first-order chi connectivity index (χ1) is 9.33. The van der Waals surface area contributed by atoms with Crippen LogP contribution in [-0.2, 0) is 0 Å². The molecule has 0 bridgehead atoms. The number of hydrogen-bond donors (Lipinski definition) is 2. The van der Waals surface area contributed by atoms with Gasteiger partial charge in [-0.05, 0) is 24.3 Å². The molecule has 1 aliphatic heterocycles. The summed E-state index contributed by atoms with van der Waals surface area (Å²) in [6.07, 6.45) is 1.62. The number of aliphatic imine (C=N–C) groups is 1. The first kappa shape index (κ1) is 11.9. The Balaban J connectivity index is 1.71. The van der Waals surface area contributed by atoms with Gasteiger partial charge in [-0.2, -0.15) is 0 Å². The number of hydrogen-bond acceptors (Lipinski definition) is 5. The Bertz CT molecular complexity index is 604. The van der Waals surface area contributed by atoms with E-state index >= 15 is 0 Å². The smallest absolute Gasteiger partial charge is 0.284 e. The lowest BCUT2D eigenvalue weighted by Gasteiger charge is -2.05. The third-order valence-electron chi connectivity index (χ3n) is 2.72. The van der Waals surface area contributed by atoms with E-state index in [4.69, 9.17) is 0 Å². The number of carbonyl (C=O) groups excluding carboxylic acids is 1. The Morgan fingerprint density at radius 3 is 2.79 bits per heavy atom. The average Bonchev–Trinajstić information content (AvgIpc) is 3.13. The van der Waals surface area contributed by atoms with Crippen molar-refractivity contribution in [1.82, 2.24) is 10.3 Å². The van der Waals surface area contributed by atoms with Gasteiger partial charge in [0, 0.05) is 29.4 Å². The molecule has 0 saturated carbocycles. The molecule has 19 heavy (non-hydrogen) atoms. The number of anilines is 1. The number of amidine groups is 1. The van der Waals surface area contributed by atoms with Gasteiger partial charge in [0.2, 0.25) is 0 Å². The molecule has 0 spiro atoms. The van der Waals surface area contributed by atoms with E-state index in [0.29, 0.717) is 5.01 Å². The Morgan fingerprint density at radius 2 is 2.16 bits per heavy atom. The maximum Gasteiger partial charge on any atom is 0.284 e. The fourth-order valence-electron chi connectivity index (χ4n) is 1.82. The topological polar surface area (TPSA) is 66.4 Å². The summed E-state index contributed by atoms with van der Waals surface area (Å²) in [6.45, 7) is 1.70. The van der Waals surface area contributed by atoms with Crippen molar-refractivity contribution in [2.24, 2.45) is 4.99 Å². The first-order valence-corrected chi connectivity index (χ1v) is 6.80. The summed E-state index contributed by atoms with van der Waals surface area (Å²) in [6, 6.07) is 7.61. The molecule has 1 aliphatic rings. The lowest BCUT2D eigenvalue weighted by Crippen LogP contribution is -2.19. The molecule has 5 nitrogen and oxygen atoms in total. The minimum Gasteiger partial charge on any atom is -0.368 e. The second-order valence-electron chi connectivity index (χ2n) is 4.03. The van der Waals surface area contributed by atoms with Crippen molar-refractivity contribution < 1.29 is 4.79 Å². The molecule has 0 fully saturated rings. The Hall–Kier alpha value is -2.21. The summed E-state index contributed by atoms with van der Waals surface area (Å²) >= 11 is 1.32. The number of nitrogens with one attached hydrogen (secondary N) is 2. The summed E-state index contributed by atoms with van der Waals surface area (Å²) < 4.78 is 0. The molecular formula is C13H12N4OS. The van der Waals surface area contributed by atoms with E-state index in [-0.39, 0.29) is 5.91 Å². The molecule has 1 aromatic heterocycles. The maximum absolute atomic E-state index is 11.8. The van der Waals surface area contributed by atoms with Crippen molar-refractivity contribution in [3.05, 3.63) is 46.4 Å². The third-order valence-corrected chi connectivity index (χ3v) is 3.49. The highest BCUT2D eigenvalue weighted by molar-refractivity contribution is 7.11. The Morgan fingerprint density at radius 1 is 1.32 bits per heavy atom. The molecule has 0 aliphatic carbocycles. The van der Waals surface area contributed by atoms with Crippen LogP contribution in [0.3, 0.4) is 0 Å². The molecule has 2 N–H and O–H groups in total. The largest absolute Gasteiger partial charge is 0.368 e. The number of thiazole rings is 1. The minimum absolute atomic E-state index is 0.181. The molecule has 6 heteroatoms. The van der Waals surface area contributed by atoms with Crippen LogP contribution >= 0.6 is 11.3 Å². The second-order valence-corrected chi connectivity index (χ2v) is 4.92. The van der Waals surface area contributed by atoms with E-state index < -0.39 is 0 Å². The van der Waals surface area contributed by atoms with Gasteiger partial charge in [-0.15, -0.1) is 11.3 Å². The fourth-order valence-corrected chi connectivity index (χ4v) is 2.35. The monoisotopic (exact) mass is 272 g/mol. The van der Waals surface area contributed by atoms with Gasteiger partial charge < -0.3 is 10.6 Å². The van der Waals surface area contributed by atoms with Gasteiger partial charge in [-0.25, -0.2) is 4.98 Å². The maximum atomic E-state index is 11.8. The van der Waals surface area contributed by atoms with Crippen molar-refractivity contribution in [2.45, 2.75) is 0 Å². The molecule has 0 saturated heterocycles. The standard InChI is InChI=1S/C13H12N4OS/c18-12(13-16-7-8-19-13)17-10-3-1-9(2-4-10)11-14-5-6-15-11/h1-4,7-8H,5-6H2,(H,14,15)(H,17,18). The van der Waals surface area contributed by atoms with Gasteiger partial charge in [0.25, 0.3) is 5.91 Å². The first-order valence-electron chi connectivity index (χ1n) is 5.92. The Kier molecular flexibility index (Phi) is 3.24. The van der Waals surface area contributed by atoms with Crippen LogP contribution in [0.1, 0.15) is 15.4 Å². The number of benzene rings is 1. The van der Waals surface area contributed by atoms with E-state index in [9.17, 15) is 4.79 Å². The van der Waals surface area contributed by atoms with Crippen molar-refractivity contribution >= 4 is 28.8 Å². The van der Waals surface area contributed by atoms with E-state index in [1.54, 1.807) is 11.6 Å². The second kappa shape index (κ2) is 5.19. The predicted molar refractivity (Wildman–Crippen MR) is 75.9 cm³/mol. The normalized spacial score (nSPS) is 13.8. The van der Waals surface area contributed by atoms with Crippen LogP contribution in [0.15, 0.2) is 40.8 Å². The molecule has 3 rings (SSSR count). The number of aromatic nitrogens is 1. The number of amides is 1. The number of nitrogens with zero attached hydrogens (tertiary/aromatic N) is 2. The molecule has 1 amide bonds. The zero-order chi connectivity index (χ0) is 13.1. The van der Waals surface area contributed by atoms with Crippen molar-refractivity contribution in [3.8, 4) is 0 Å². The third kappa shape index (κ3) is 2.63. The summed E-state index contributed by atoms with van der Waals surface area (Å²) in [7, 11) is 0. The van der Waals surface area contributed by atoms with Crippen LogP contribution < -0.4 is 10.6 Å². The molecule has 0 radical (unpaired) electrons. The zero-order valence-electron chi connectivity index (χ0n) is 10.1. The molecule has 1 aromatic carbocycles. The van der Waals surface area contributed by atoms with E-state index in [0.717, 1.165) is 30.2 Å². The summed E-state index contributed by atoms with van der Waals surface area (Å²) in [4.78, 5) is 20.1. The molecule has 0 unspecified atom stereocenters. The molecule has 2 heterocycles. The fraction of sp³-hybridized carbons (Fsp3) is 0.154. The van der Waals surface area contributed by atoms with Crippen molar-refractivity contribution in [1.29, 1.82) is 0 Å². The van der Waals surface area contributed by atoms with E-state index in [1.807, 2.05) is 24.3 Å². The molecule has 0 atom stereocenters. The number of carbonyl (C=O) groups is 1. The SMILES string of the molecule is O=C(Nc1ccc(C2=NCCN2)cc1)c1nccs1. The van der Waals surface area contributed by atoms with Crippen LogP contribution in [0, 0.1) is 0 Å². The van der Waals surface area contributed by atoms with Gasteiger partial charge in [0.15, 0.2) is 5.01 Å². The average molecular weight is 272 g/mol.